The van der Waals surface area contributed by atoms with Crippen LogP contribution in [0, 0.1) is 21.7 Å². The summed E-state index contributed by atoms with van der Waals surface area (Å²) in [6.07, 6.45) is -3.73. The van der Waals surface area contributed by atoms with Gasteiger partial charge < -0.3 is 76.7 Å². The number of aliphatic hydroxyl groups excluding tert-OH is 4. The van der Waals surface area contributed by atoms with Crippen LogP contribution in [0.15, 0.2) is 79.0 Å². The fraction of sp³-hybridized carbons (Fsp3) is 0.500. The zero-order chi connectivity index (χ0) is 66.4. The molecule has 0 radical (unpaired) electrons. The van der Waals surface area contributed by atoms with Gasteiger partial charge in [-0.2, -0.15) is 0 Å². The van der Waals surface area contributed by atoms with Gasteiger partial charge in [0.1, 0.15) is 35.9 Å². The Kier molecular flexibility index (Phi) is 19.3. The molecule has 0 saturated carbocycles. The van der Waals surface area contributed by atoms with Crippen molar-refractivity contribution in [1.29, 1.82) is 0 Å². The number of anilines is 1. The lowest BCUT2D eigenvalue weighted by atomic mass is 9.88. The topological polar surface area (TPSA) is 323 Å². The molecule has 0 unspecified atom stereocenters. The van der Waals surface area contributed by atoms with Crippen LogP contribution in [-0.4, -0.2) is 192 Å². The number of nitrogens with one attached hydrogen (secondary N) is 1. The predicted molar refractivity (Wildman–Crippen MR) is 334 cm³/mol. The number of ether oxygens (including phenoxy) is 7. The Morgan fingerprint density at radius 1 is 0.783 bits per heavy atom. The second-order valence-electron chi connectivity index (χ2n) is 27.0. The normalized spacial score (nSPS) is 20.2. The Balaban J connectivity index is 0.825. The first-order chi connectivity index (χ1) is 43.4. The van der Waals surface area contributed by atoms with Gasteiger partial charge in [0.15, 0.2) is 28.7 Å². The summed E-state index contributed by atoms with van der Waals surface area (Å²) in [4.78, 5) is 60.6. The van der Waals surface area contributed by atoms with E-state index < -0.39 is 93.2 Å². The van der Waals surface area contributed by atoms with E-state index in [9.17, 15) is 48.0 Å². The van der Waals surface area contributed by atoms with Gasteiger partial charge >= 0.3 is 10.4 Å². The molecule has 6 aromatic rings. The Bertz CT molecular complexity index is 3900. The van der Waals surface area contributed by atoms with E-state index in [1.165, 1.54) is 52.2 Å². The first-order valence-corrected chi connectivity index (χ1v) is 31.8. The lowest BCUT2D eigenvalue weighted by Gasteiger charge is -2.39. The second-order valence-corrected chi connectivity index (χ2v) is 28.4. The number of aromatic nitrogens is 4. The van der Waals surface area contributed by atoms with Gasteiger partial charge in [0, 0.05) is 108 Å². The van der Waals surface area contributed by atoms with Crippen molar-refractivity contribution in [3.8, 4) is 34.5 Å². The van der Waals surface area contributed by atoms with Crippen LogP contribution in [0.1, 0.15) is 93.4 Å². The summed E-state index contributed by atoms with van der Waals surface area (Å²) in [5.74, 6) is -1.99. The minimum atomic E-state index is -5.29. The van der Waals surface area contributed by atoms with Gasteiger partial charge in [0.25, 0.3) is 23.6 Å². The second kappa shape index (κ2) is 26.4. The molecule has 28 heteroatoms. The standard InChI is InChI=1S/C64H78ClN7O19S/c1-61(2,31-84-34-64(7,8)30-72-51(74)17-18-52(72)75)23-38-26-70(68-67-38)29-63(5,6)33-85-32-62(3,4)28-69(9)58(79)36-11-15-46(88-60-56(78)55(77)54(76)50(27-73)89-60)49(19-36)91-92(81,82)90-48-22-45-53(41-20-39(83-10)12-13-40(41)48)37(24-65)25-71(45)59(80)44-21-42-43(66-44)14-16-47-57(42)87-35-86-47/h11-22,26,37,50,54-56,60,66,73,76-78H,23-25,27-35H2,1-10H3/t37-,50-,54+,55+,56-,60-/m1/s1. The van der Waals surface area contributed by atoms with Gasteiger partial charge in [0.2, 0.25) is 13.1 Å². The third-order valence-electron chi connectivity index (χ3n) is 16.2. The summed E-state index contributed by atoms with van der Waals surface area (Å²) in [5, 5.41) is 52.3. The van der Waals surface area contributed by atoms with Crippen LogP contribution >= 0.6 is 11.6 Å². The molecule has 0 spiro atoms. The van der Waals surface area contributed by atoms with Gasteiger partial charge in [-0.25, -0.2) is 0 Å². The minimum absolute atomic E-state index is 0.0177. The quantitative estimate of drug-likeness (QED) is 0.0296. The SMILES string of the molecule is COc1ccc2c(OS(=O)(=O)Oc3cc(C(=O)N(C)CC(C)(C)COCC(C)(C)Cn4cc(CC(C)(C)COCC(C)(C)CN5C(=O)C=CC5=O)nn4)ccc3O[C@@H]3O[C@H](CO)[C@H](O)[C@H](O)[C@H]3O)cc3c(c2c1)[C@H](CCl)CN3C(=O)c1cc2c3c(ccc2[nH]1)OCO3. The first-order valence-electron chi connectivity index (χ1n) is 29.9. The molecule has 2 aromatic heterocycles. The molecular weight excluding hydrogens is 1240 g/mol. The van der Waals surface area contributed by atoms with Crippen LogP contribution in [-0.2, 0) is 47.2 Å². The molecule has 4 aliphatic heterocycles. The van der Waals surface area contributed by atoms with E-state index in [1.54, 1.807) is 48.1 Å². The molecular formula is C64H78ClN7O19S. The number of aliphatic hydroxyl groups is 4. The van der Waals surface area contributed by atoms with Crippen LogP contribution in [0.25, 0.3) is 21.7 Å². The van der Waals surface area contributed by atoms with E-state index >= 15 is 0 Å². The van der Waals surface area contributed by atoms with Crippen LogP contribution < -0.4 is 32.2 Å². The van der Waals surface area contributed by atoms with E-state index in [0.29, 0.717) is 71.9 Å². The maximum Gasteiger partial charge on any atom is 0.501 e. The molecule has 26 nitrogen and oxygen atoms in total. The predicted octanol–water partition coefficient (Wildman–Crippen LogP) is 5.89. The number of methoxy groups -OCH3 is 1. The Morgan fingerprint density at radius 2 is 1.47 bits per heavy atom. The summed E-state index contributed by atoms with van der Waals surface area (Å²) in [7, 11) is -2.26. The number of fused-ring (bicyclic) bond motifs is 6. The van der Waals surface area contributed by atoms with Crippen molar-refractivity contribution in [2.24, 2.45) is 21.7 Å². The van der Waals surface area contributed by atoms with E-state index in [2.05, 4.69) is 29.1 Å². The van der Waals surface area contributed by atoms with E-state index in [-0.39, 0.29) is 84.2 Å². The number of rotatable bonds is 27. The average Bonchev–Trinajstić information content (AvgIpc) is 1.53. The monoisotopic (exact) mass is 1320 g/mol. The van der Waals surface area contributed by atoms with Gasteiger partial charge in [-0.15, -0.1) is 25.1 Å². The van der Waals surface area contributed by atoms with E-state index in [4.69, 9.17) is 53.1 Å². The lowest BCUT2D eigenvalue weighted by Crippen LogP contribution is -2.60. The largest absolute Gasteiger partial charge is 0.501 e. The molecule has 4 amide bonds. The third-order valence-corrected chi connectivity index (χ3v) is 17.3. The number of nitrogens with zero attached hydrogens (tertiary/aromatic N) is 6. The van der Waals surface area contributed by atoms with E-state index in [1.807, 2.05) is 47.7 Å². The summed E-state index contributed by atoms with van der Waals surface area (Å²) in [5.41, 5.74) is 0.579. The van der Waals surface area contributed by atoms with Crippen LogP contribution in [0.5, 0.6) is 34.5 Å². The molecule has 6 heterocycles. The van der Waals surface area contributed by atoms with E-state index in [0.717, 1.165) is 11.8 Å². The van der Waals surface area contributed by atoms with Gasteiger partial charge in [-0.05, 0) is 71.0 Å². The number of hydrogen-bond donors (Lipinski definition) is 5. The maximum atomic E-state index is 14.6. The van der Waals surface area contributed by atoms with Gasteiger partial charge in [-0.3, -0.25) is 28.8 Å². The fourth-order valence-corrected chi connectivity index (χ4v) is 12.9. The van der Waals surface area contributed by atoms with Crippen molar-refractivity contribution < 1.29 is 89.5 Å². The number of benzene rings is 4. The fourth-order valence-electron chi connectivity index (χ4n) is 11.9. The van der Waals surface area contributed by atoms with Crippen molar-refractivity contribution in [2.75, 3.05) is 84.4 Å². The zero-order valence-corrected chi connectivity index (χ0v) is 54.4. The molecule has 1 fully saturated rings. The Morgan fingerprint density at radius 3 is 2.16 bits per heavy atom. The Hall–Kier alpha value is -7.60. The lowest BCUT2D eigenvalue weighted by molar-refractivity contribution is -0.277. The highest BCUT2D eigenvalue weighted by molar-refractivity contribution is 7.82. The molecule has 1 saturated heterocycles. The van der Waals surface area contributed by atoms with Gasteiger partial charge in [-0.1, -0.05) is 60.6 Å². The number of H-pyrrole nitrogens is 1. The molecule has 0 bridgehead atoms. The highest BCUT2D eigenvalue weighted by Crippen LogP contribution is 2.48. The maximum absolute atomic E-state index is 14.6. The van der Waals surface area contributed by atoms with Crippen molar-refractivity contribution >= 4 is 73.0 Å². The highest BCUT2D eigenvalue weighted by atomic mass is 35.5. The number of alkyl halides is 1. The van der Waals surface area contributed by atoms with Gasteiger partial charge in [0.05, 0.1) is 57.0 Å². The molecule has 4 aliphatic rings. The summed E-state index contributed by atoms with van der Waals surface area (Å²) < 4.78 is 83.2. The summed E-state index contributed by atoms with van der Waals surface area (Å²) >= 11 is 6.62. The van der Waals surface area contributed by atoms with Crippen molar-refractivity contribution in [2.45, 2.75) is 105 Å². The number of carbonyl (C=O) groups is 4. The number of halogens is 1. The number of amides is 4. The number of carbonyl (C=O) groups excluding carboxylic acids is 4. The molecule has 4 aromatic carbocycles. The Labute approximate surface area is 537 Å². The molecule has 496 valence electrons. The number of imide groups is 1. The first kappa shape index (κ1) is 67.3. The minimum Gasteiger partial charge on any atom is -0.497 e. The molecule has 92 heavy (non-hydrogen) atoms. The molecule has 6 atom stereocenters. The average molecular weight is 1320 g/mol. The van der Waals surface area contributed by atoms with Crippen LogP contribution in [0.3, 0.4) is 0 Å². The number of hydrogen-bond acceptors (Lipinski definition) is 21. The summed E-state index contributed by atoms with van der Waals surface area (Å²) in [6, 6.07) is 15.0. The number of aromatic amines is 1. The molecule has 10 rings (SSSR count). The molecule has 5 N–H and O–H groups in total. The van der Waals surface area contributed by atoms with Crippen molar-refractivity contribution in [3.63, 3.8) is 0 Å². The zero-order valence-electron chi connectivity index (χ0n) is 52.8. The highest BCUT2D eigenvalue weighted by Gasteiger charge is 2.46. The smallest absolute Gasteiger partial charge is 0.497 e. The van der Waals surface area contributed by atoms with Crippen molar-refractivity contribution in [1.82, 2.24) is 29.8 Å². The van der Waals surface area contributed by atoms with Crippen LogP contribution in [0.2, 0.25) is 0 Å². The summed E-state index contributed by atoms with van der Waals surface area (Å²) in [6.45, 7) is 17.4. The van der Waals surface area contributed by atoms with Crippen molar-refractivity contribution in [3.05, 3.63) is 102 Å². The molecule has 0 aliphatic carbocycles. The third kappa shape index (κ3) is 14.9. The van der Waals surface area contributed by atoms with Crippen LogP contribution in [0.4, 0.5) is 5.69 Å².